The van der Waals surface area contributed by atoms with Gasteiger partial charge in [-0.2, -0.15) is 5.10 Å². The molecule has 2 nitrogen and oxygen atoms in total. The summed E-state index contributed by atoms with van der Waals surface area (Å²) in [4.78, 5) is 0. The maximum Gasteiger partial charge on any atom is 0.0565 e. The molecule has 0 aliphatic rings. The predicted molar refractivity (Wildman–Crippen MR) is 96.8 cm³/mol. The first kappa shape index (κ1) is 15.8. The highest BCUT2D eigenvalue weighted by Crippen LogP contribution is 2.32. The fourth-order valence-electron chi connectivity index (χ4n) is 2.97. The van der Waals surface area contributed by atoms with Gasteiger partial charge in [-0.3, -0.25) is 5.10 Å². The van der Waals surface area contributed by atoms with Crippen LogP contribution in [0, 0.1) is 0 Å². The molecule has 1 aromatic heterocycles. The molecule has 0 amide bonds. The average Bonchev–Trinajstić information content (AvgIpc) is 3.10. The van der Waals surface area contributed by atoms with Crippen LogP contribution in [0.2, 0.25) is 5.02 Å². The Bertz CT molecular complexity index is 733. The molecular formula is C20H21ClN2. The second-order valence-corrected chi connectivity index (χ2v) is 6.30. The van der Waals surface area contributed by atoms with Crippen LogP contribution in [-0.4, -0.2) is 10.2 Å². The van der Waals surface area contributed by atoms with Crippen molar-refractivity contribution >= 4 is 11.6 Å². The second-order valence-electron chi connectivity index (χ2n) is 5.86. The highest BCUT2D eigenvalue weighted by molar-refractivity contribution is 6.30. The van der Waals surface area contributed by atoms with E-state index in [0.717, 1.165) is 17.0 Å². The summed E-state index contributed by atoms with van der Waals surface area (Å²) in [5, 5.41) is 7.68. The molecule has 1 heterocycles. The summed E-state index contributed by atoms with van der Waals surface area (Å²) in [5.74, 6) is 0.395. The van der Waals surface area contributed by atoms with Crippen molar-refractivity contribution in [2.45, 2.75) is 32.1 Å². The molecular weight excluding hydrogens is 304 g/mol. The summed E-state index contributed by atoms with van der Waals surface area (Å²) in [6.07, 6.45) is 7.31. The van der Waals surface area contributed by atoms with Crippen molar-refractivity contribution in [1.29, 1.82) is 0 Å². The summed E-state index contributed by atoms with van der Waals surface area (Å²) < 4.78 is 0. The molecule has 3 aromatic rings. The van der Waals surface area contributed by atoms with Gasteiger partial charge in [0, 0.05) is 22.7 Å². The summed E-state index contributed by atoms with van der Waals surface area (Å²) >= 11 is 6.19. The summed E-state index contributed by atoms with van der Waals surface area (Å²) in [6, 6.07) is 17.0. The fourth-order valence-corrected chi connectivity index (χ4v) is 3.17. The lowest BCUT2D eigenvalue weighted by molar-refractivity contribution is 0.650. The molecule has 2 aromatic carbocycles. The van der Waals surface area contributed by atoms with E-state index in [0.29, 0.717) is 5.92 Å². The van der Waals surface area contributed by atoms with Gasteiger partial charge in [0.15, 0.2) is 0 Å². The number of nitrogens with one attached hydrogen (secondary N) is 1. The molecule has 3 heteroatoms. The smallest absolute Gasteiger partial charge is 0.0565 e. The number of benzene rings is 2. The monoisotopic (exact) mass is 324 g/mol. The first-order valence-electron chi connectivity index (χ1n) is 8.12. The predicted octanol–water partition coefficient (Wildman–Crippen LogP) is 6.05. The molecule has 1 N–H and O–H groups in total. The molecule has 23 heavy (non-hydrogen) atoms. The lowest BCUT2D eigenvalue weighted by Crippen LogP contribution is -2.01. The number of H-pyrrole nitrogens is 1. The van der Waals surface area contributed by atoms with E-state index in [4.69, 9.17) is 11.6 Å². The van der Waals surface area contributed by atoms with Crippen molar-refractivity contribution in [2.75, 3.05) is 0 Å². The minimum Gasteiger partial charge on any atom is -0.285 e. The molecule has 1 atom stereocenters. The van der Waals surface area contributed by atoms with Crippen LogP contribution >= 0.6 is 11.6 Å². The Balaban J connectivity index is 1.90. The van der Waals surface area contributed by atoms with Crippen LogP contribution in [0.15, 0.2) is 60.9 Å². The van der Waals surface area contributed by atoms with Crippen molar-refractivity contribution in [2.24, 2.45) is 0 Å². The molecule has 1 unspecified atom stereocenters. The third kappa shape index (κ3) is 3.83. The van der Waals surface area contributed by atoms with E-state index >= 15 is 0 Å². The summed E-state index contributed by atoms with van der Waals surface area (Å²) in [7, 11) is 0. The molecule has 0 aliphatic heterocycles. The molecule has 0 saturated heterocycles. The molecule has 0 spiro atoms. The van der Waals surface area contributed by atoms with Crippen molar-refractivity contribution in [3.05, 3.63) is 77.1 Å². The number of rotatable bonds is 6. The Hall–Kier alpha value is -2.06. The van der Waals surface area contributed by atoms with E-state index < -0.39 is 0 Å². The van der Waals surface area contributed by atoms with Crippen LogP contribution < -0.4 is 0 Å². The van der Waals surface area contributed by atoms with E-state index in [9.17, 15) is 0 Å². The topological polar surface area (TPSA) is 28.7 Å². The van der Waals surface area contributed by atoms with Gasteiger partial charge in [0.05, 0.1) is 6.20 Å². The molecule has 0 bridgehead atoms. The van der Waals surface area contributed by atoms with Gasteiger partial charge >= 0.3 is 0 Å². The Labute approximate surface area is 142 Å². The van der Waals surface area contributed by atoms with Crippen LogP contribution in [0.5, 0.6) is 0 Å². The van der Waals surface area contributed by atoms with Gasteiger partial charge < -0.3 is 0 Å². The molecule has 118 valence electrons. The van der Waals surface area contributed by atoms with Crippen LogP contribution in [-0.2, 0) is 0 Å². The maximum atomic E-state index is 6.19. The van der Waals surface area contributed by atoms with Crippen LogP contribution in [0.1, 0.15) is 43.2 Å². The van der Waals surface area contributed by atoms with Crippen molar-refractivity contribution in [3.8, 4) is 11.1 Å². The van der Waals surface area contributed by atoms with E-state index in [1.165, 1.54) is 29.5 Å². The van der Waals surface area contributed by atoms with Gasteiger partial charge in [0.1, 0.15) is 0 Å². The van der Waals surface area contributed by atoms with Crippen molar-refractivity contribution in [3.63, 3.8) is 0 Å². The van der Waals surface area contributed by atoms with Gasteiger partial charge in [-0.1, -0.05) is 67.8 Å². The quantitative estimate of drug-likeness (QED) is 0.587. The Morgan fingerprint density at radius 3 is 2.52 bits per heavy atom. The first-order valence-corrected chi connectivity index (χ1v) is 8.50. The van der Waals surface area contributed by atoms with Gasteiger partial charge in [-0.05, 0) is 35.2 Å². The normalized spacial score (nSPS) is 12.3. The van der Waals surface area contributed by atoms with E-state index in [1.54, 1.807) is 0 Å². The highest BCUT2D eigenvalue weighted by Gasteiger charge is 2.14. The lowest BCUT2D eigenvalue weighted by atomic mass is 9.86. The number of hydrogen-bond donors (Lipinski definition) is 1. The lowest BCUT2D eigenvalue weighted by Gasteiger charge is -2.18. The Morgan fingerprint density at radius 1 is 1.04 bits per heavy atom. The third-order valence-corrected chi connectivity index (χ3v) is 4.48. The van der Waals surface area contributed by atoms with E-state index in [1.807, 2.05) is 24.5 Å². The van der Waals surface area contributed by atoms with Crippen LogP contribution in [0.3, 0.4) is 0 Å². The maximum absolute atomic E-state index is 6.19. The van der Waals surface area contributed by atoms with Crippen LogP contribution in [0.25, 0.3) is 11.1 Å². The van der Waals surface area contributed by atoms with Gasteiger partial charge in [-0.25, -0.2) is 0 Å². The second kappa shape index (κ2) is 7.47. The van der Waals surface area contributed by atoms with E-state index in [-0.39, 0.29) is 0 Å². The number of unbranched alkanes of at least 4 members (excludes halogenated alkanes) is 1. The molecule has 0 radical (unpaired) electrons. The van der Waals surface area contributed by atoms with E-state index in [2.05, 4.69) is 53.5 Å². The number of halogens is 1. The SMILES string of the molecule is CCCCC(c1ccc(-c2cn[nH]c2)cc1)c1cccc(Cl)c1. The Kier molecular flexibility index (Phi) is 5.14. The fraction of sp³-hybridized carbons (Fsp3) is 0.250. The zero-order valence-corrected chi connectivity index (χ0v) is 14.1. The minimum atomic E-state index is 0.395. The van der Waals surface area contributed by atoms with Crippen molar-refractivity contribution in [1.82, 2.24) is 10.2 Å². The standard InChI is InChI=1S/C20H21ClN2/c1-2-3-7-20(17-5-4-6-19(21)12-17)16-10-8-15(9-11-16)18-13-22-23-14-18/h4-6,8-14,20H,2-3,7H2,1H3,(H,22,23). The van der Waals surface area contributed by atoms with Gasteiger partial charge in [0.2, 0.25) is 0 Å². The zero-order valence-electron chi connectivity index (χ0n) is 13.3. The van der Waals surface area contributed by atoms with Crippen LogP contribution in [0.4, 0.5) is 0 Å². The molecule has 3 rings (SSSR count). The highest BCUT2D eigenvalue weighted by atomic mass is 35.5. The number of nitrogens with zero attached hydrogens (tertiary/aromatic N) is 1. The Morgan fingerprint density at radius 2 is 1.87 bits per heavy atom. The minimum absolute atomic E-state index is 0.395. The average molecular weight is 325 g/mol. The third-order valence-electron chi connectivity index (χ3n) is 4.24. The van der Waals surface area contributed by atoms with Gasteiger partial charge in [-0.15, -0.1) is 0 Å². The largest absolute Gasteiger partial charge is 0.285 e. The number of aromatic nitrogens is 2. The van der Waals surface area contributed by atoms with Gasteiger partial charge in [0.25, 0.3) is 0 Å². The summed E-state index contributed by atoms with van der Waals surface area (Å²) in [6.45, 7) is 2.23. The van der Waals surface area contributed by atoms with Crippen molar-refractivity contribution < 1.29 is 0 Å². The zero-order chi connectivity index (χ0) is 16.1. The summed E-state index contributed by atoms with van der Waals surface area (Å²) in [5.41, 5.74) is 4.93. The number of aromatic amines is 1. The molecule has 0 aliphatic carbocycles. The number of hydrogen-bond acceptors (Lipinski definition) is 1. The molecule has 0 fully saturated rings. The molecule has 0 saturated carbocycles. The first-order chi connectivity index (χ1) is 11.3.